The lowest BCUT2D eigenvalue weighted by Gasteiger charge is -2.16. The van der Waals surface area contributed by atoms with Crippen LogP contribution in [0.25, 0.3) is 0 Å². The van der Waals surface area contributed by atoms with Gasteiger partial charge >= 0.3 is 0 Å². The van der Waals surface area contributed by atoms with E-state index in [1.54, 1.807) is 19.2 Å². The predicted octanol–water partition coefficient (Wildman–Crippen LogP) is 3.64. The lowest BCUT2D eigenvalue weighted by Crippen LogP contribution is -2.28. The van der Waals surface area contributed by atoms with Crippen molar-refractivity contribution >= 4 is 11.6 Å². The standard InChI is InChI=1S/C17H15F2NO2/c1-22-13-5-2-11(3-6-13)17(8-9-17)16(21)20-15-7-4-12(18)10-14(15)19/h2-7,10H,8-9H2,1H3,(H,20,21). The van der Waals surface area contributed by atoms with Crippen LogP contribution in [0.3, 0.4) is 0 Å². The zero-order chi connectivity index (χ0) is 15.7. The van der Waals surface area contributed by atoms with Crippen LogP contribution in [0.15, 0.2) is 42.5 Å². The molecule has 1 aliphatic carbocycles. The van der Waals surface area contributed by atoms with Crippen molar-refractivity contribution in [1.29, 1.82) is 0 Å². The summed E-state index contributed by atoms with van der Waals surface area (Å²) in [6, 6.07) is 10.4. The number of ether oxygens (including phenoxy) is 1. The number of hydrogen-bond donors (Lipinski definition) is 1. The van der Waals surface area contributed by atoms with Crippen LogP contribution in [0, 0.1) is 11.6 Å². The Morgan fingerprint density at radius 3 is 2.36 bits per heavy atom. The van der Waals surface area contributed by atoms with E-state index in [2.05, 4.69) is 5.32 Å². The average molecular weight is 303 g/mol. The molecular formula is C17H15F2NO2. The van der Waals surface area contributed by atoms with E-state index < -0.39 is 17.0 Å². The van der Waals surface area contributed by atoms with Gasteiger partial charge < -0.3 is 10.1 Å². The molecule has 5 heteroatoms. The van der Waals surface area contributed by atoms with Gasteiger partial charge in [-0.15, -0.1) is 0 Å². The third kappa shape index (κ3) is 2.54. The lowest BCUT2D eigenvalue weighted by molar-refractivity contribution is -0.118. The molecule has 0 radical (unpaired) electrons. The van der Waals surface area contributed by atoms with Gasteiger partial charge in [-0.3, -0.25) is 4.79 Å². The summed E-state index contributed by atoms with van der Waals surface area (Å²) in [6.07, 6.45) is 1.40. The van der Waals surface area contributed by atoms with Crippen LogP contribution in [0.4, 0.5) is 14.5 Å². The molecule has 1 fully saturated rings. The summed E-state index contributed by atoms with van der Waals surface area (Å²) in [5.74, 6) is -1.02. The quantitative estimate of drug-likeness (QED) is 0.936. The van der Waals surface area contributed by atoms with Crippen molar-refractivity contribution in [2.75, 3.05) is 12.4 Å². The number of rotatable bonds is 4. The van der Waals surface area contributed by atoms with E-state index in [9.17, 15) is 13.6 Å². The van der Waals surface area contributed by atoms with E-state index in [0.29, 0.717) is 18.6 Å². The van der Waals surface area contributed by atoms with Gasteiger partial charge in [-0.1, -0.05) is 12.1 Å². The first kappa shape index (κ1) is 14.5. The largest absolute Gasteiger partial charge is 0.497 e. The highest BCUT2D eigenvalue weighted by atomic mass is 19.1. The molecule has 3 rings (SSSR count). The van der Waals surface area contributed by atoms with Crippen molar-refractivity contribution in [2.45, 2.75) is 18.3 Å². The van der Waals surface area contributed by atoms with E-state index in [1.165, 1.54) is 6.07 Å². The Bertz CT molecular complexity index is 709. The Labute approximate surface area is 126 Å². The Morgan fingerprint density at radius 2 is 1.82 bits per heavy atom. The minimum absolute atomic E-state index is 0.00816. The van der Waals surface area contributed by atoms with Crippen LogP contribution in [0.2, 0.25) is 0 Å². The van der Waals surface area contributed by atoms with Gasteiger partial charge in [-0.05, 0) is 42.7 Å². The van der Waals surface area contributed by atoms with Gasteiger partial charge in [-0.25, -0.2) is 8.78 Å². The number of nitrogens with one attached hydrogen (secondary N) is 1. The summed E-state index contributed by atoms with van der Waals surface area (Å²) in [7, 11) is 1.58. The third-order valence-electron chi connectivity index (χ3n) is 4.01. The molecular weight excluding hydrogens is 288 g/mol. The minimum atomic E-state index is -0.779. The molecule has 0 spiro atoms. The van der Waals surface area contributed by atoms with Crippen molar-refractivity contribution in [2.24, 2.45) is 0 Å². The molecule has 0 aliphatic heterocycles. The van der Waals surface area contributed by atoms with Crippen LogP contribution in [-0.2, 0) is 10.2 Å². The fourth-order valence-corrected chi connectivity index (χ4v) is 2.51. The Balaban J connectivity index is 1.81. The summed E-state index contributed by atoms with van der Waals surface area (Å²) in [6.45, 7) is 0. The van der Waals surface area contributed by atoms with Gasteiger partial charge in [0.1, 0.15) is 17.4 Å². The van der Waals surface area contributed by atoms with Gasteiger partial charge in [0.2, 0.25) is 5.91 Å². The van der Waals surface area contributed by atoms with Crippen molar-refractivity contribution in [1.82, 2.24) is 0 Å². The number of methoxy groups -OCH3 is 1. The SMILES string of the molecule is COc1ccc(C2(C(=O)Nc3ccc(F)cc3F)CC2)cc1. The second-order valence-electron chi connectivity index (χ2n) is 5.39. The van der Waals surface area contributed by atoms with Crippen LogP contribution in [-0.4, -0.2) is 13.0 Å². The summed E-state index contributed by atoms with van der Waals surface area (Å²) in [5.41, 5.74) is 0.229. The molecule has 1 N–H and O–H groups in total. The van der Waals surface area contributed by atoms with E-state index >= 15 is 0 Å². The molecule has 114 valence electrons. The molecule has 1 saturated carbocycles. The highest BCUT2D eigenvalue weighted by molar-refractivity contribution is 6.01. The minimum Gasteiger partial charge on any atom is -0.497 e. The van der Waals surface area contributed by atoms with E-state index in [1.807, 2.05) is 12.1 Å². The summed E-state index contributed by atoms with van der Waals surface area (Å²) in [4.78, 5) is 12.5. The maximum atomic E-state index is 13.6. The van der Waals surface area contributed by atoms with Gasteiger partial charge in [0, 0.05) is 6.07 Å². The summed E-state index contributed by atoms with van der Waals surface area (Å²) >= 11 is 0. The monoisotopic (exact) mass is 303 g/mol. The fraction of sp³-hybridized carbons (Fsp3) is 0.235. The first-order chi connectivity index (χ1) is 10.5. The molecule has 0 aromatic heterocycles. The van der Waals surface area contributed by atoms with Crippen LogP contribution < -0.4 is 10.1 Å². The molecule has 1 amide bonds. The molecule has 0 saturated heterocycles. The molecule has 2 aromatic carbocycles. The topological polar surface area (TPSA) is 38.3 Å². The molecule has 22 heavy (non-hydrogen) atoms. The number of carbonyl (C=O) groups is 1. The second kappa shape index (κ2) is 5.40. The third-order valence-corrected chi connectivity index (χ3v) is 4.01. The first-order valence-electron chi connectivity index (χ1n) is 6.96. The first-order valence-corrected chi connectivity index (χ1v) is 6.96. The Hall–Kier alpha value is -2.43. The lowest BCUT2D eigenvalue weighted by atomic mass is 9.94. The molecule has 0 unspecified atom stereocenters. The van der Waals surface area contributed by atoms with Crippen molar-refractivity contribution in [3.63, 3.8) is 0 Å². The molecule has 2 aromatic rings. The summed E-state index contributed by atoms with van der Waals surface area (Å²) in [5, 5.41) is 2.56. The van der Waals surface area contributed by atoms with Gasteiger partial charge in [0.25, 0.3) is 0 Å². The number of carbonyl (C=O) groups excluding carboxylic acids is 1. The maximum Gasteiger partial charge on any atom is 0.235 e. The Morgan fingerprint density at radius 1 is 1.14 bits per heavy atom. The average Bonchev–Trinajstić information content (AvgIpc) is 3.32. The number of amides is 1. The zero-order valence-corrected chi connectivity index (χ0v) is 12.0. The van der Waals surface area contributed by atoms with Gasteiger partial charge in [0.05, 0.1) is 18.2 Å². The van der Waals surface area contributed by atoms with Gasteiger partial charge in [-0.2, -0.15) is 0 Å². The fourth-order valence-electron chi connectivity index (χ4n) is 2.51. The van der Waals surface area contributed by atoms with Crippen molar-refractivity contribution < 1.29 is 18.3 Å². The van der Waals surface area contributed by atoms with E-state index in [-0.39, 0.29) is 11.6 Å². The molecule has 0 heterocycles. The zero-order valence-electron chi connectivity index (χ0n) is 12.0. The van der Waals surface area contributed by atoms with E-state index in [0.717, 1.165) is 17.7 Å². The number of hydrogen-bond acceptors (Lipinski definition) is 2. The van der Waals surface area contributed by atoms with Crippen LogP contribution in [0.1, 0.15) is 18.4 Å². The molecule has 3 nitrogen and oxygen atoms in total. The number of benzene rings is 2. The number of halogens is 2. The van der Waals surface area contributed by atoms with Crippen LogP contribution >= 0.6 is 0 Å². The summed E-state index contributed by atoms with van der Waals surface area (Å²) < 4.78 is 31.7. The maximum absolute atomic E-state index is 13.6. The second-order valence-corrected chi connectivity index (χ2v) is 5.39. The van der Waals surface area contributed by atoms with E-state index in [4.69, 9.17) is 4.74 Å². The van der Waals surface area contributed by atoms with Crippen molar-refractivity contribution in [3.8, 4) is 5.75 Å². The van der Waals surface area contributed by atoms with Crippen LogP contribution in [0.5, 0.6) is 5.75 Å². The Kier molecular flexibility index (Phi) is 3.56. The molecule has 0 bridgehead atoms. The smallest absolute Gasteiger partial charge is 0.235 e. The predicted molar refractivity (Wildman–Crippen MR) is 78.9 cm³/mol. The molecule has 1 aliphatic rings. The van der Waals surface area contributed by atoms with Gasteiger partial charge in [0.15, 0.2) is 0 Å². The highest BCUT2D eigenvalue weighted by Gasteiger charge is 2.51. The number of anilines is 1. The van der Waals surface area contributed by atoms with Crippen molar-refractivity contribution in [3.05, 3.63) is 59.7 Å². The normalized spacial score (nSPS) is 15.2. The highest BCUT2D eigenvalue weighted by Crippen LogP contribution is 2.49. The molecule has 0 atom stereocenters.